The van der Waals surface area contributed by atoms with E-state index in [1.54, 1.807) is 12.1 Å². The van der Waals surface area contributed by atoms with Crippen molar-refractivity contribution in [3.8, 4) is 0 Å². The molecule has 1 aliphatic carbocycles. The summed E-state index contributed by atoms with van der Waals surface area (Å²) in [6.45, 7) is 0.301. The van der Waals surface area contributed by atoms with Gasteiger partial charge in [0.05, 0.1) is 11.7 Å². The molecule has 1 aromatic heterocycles. The van der Waals surface area contributed by atoms with Crippen LogP contribution in [0.3, 0.4) is 0 Å². The Labute approximate surface area is 104 Å². The minimum absolute atomic E-state index is 0.00668. The van der Waals surface area contributed by atoms with Crippen LogP contribution < -0.4 is 0 Å². The Balaban J connectivity index is 1.84. The molecule has 94 valence electrons. The first kappa shape index (κ1) is 11.3. The molecule has 2 aliphatic rings. The van der Waals surface area contributed by atoms with Crippen LogP contribution in [0.5, 0.6) is 0 Å². The molecule has 1 N–H and O–H groups in total. The van der Waals surface area contributed by atoms with Gasteiger partial charge in [-0.2, -0.15) is 0 Å². The number of hydrogen-bond donors (Lipinski definition) is 1. The van der Waals surface area contributed by atoms with Crippen LogP contribution in [0.2, 0.25) is 0 Å². The molecular formula is C13H14N2O3. The largest absolute Gasteiger partial charge is 0.393 e. The predicted octanol–water partition coefficient (Wildman–Crippen LogP) is 0.839. The first-order valence-electron chi connectivity index (χ1n) is 6.18. The molecule has 2 unspecified atom stereocenters. The van der Waals surface area contributed by atoms with Crippen LogP contribution in [0.1, 0.15) is 40.1 Å². The van der Waals surface area contributed by atoms with Gasteiger partial charge in [-0.15, -0.1) is 0 Å². The Morgan fingerprint density at radius 2 is 2.17 bits per heavy atom. The zero-order valence-electron chi connectivity index (χ0n) is 9.87. The second-order valence-corrected chi connectivity index (χ2v) is 4.88. The molecule has 1 aliphatic heterocycles. The molecule has 0 aromatic carbocycles. The fraction of sp³-hybridized carbons (Fsp3) is 0.462. The van der Waals surface area contributed by atoms with Crippen molar-refractivity contribution in [2.45, 2.75) is 25.4 Å². The van der Waals surface area contributed by atoms with E-state index in [1.807, 2.05) is 0 Å². The molecule has 5 nitrogen and oxygen atoms in total. The maximum Gasteiger partial charge on any atom is 0.280 e. The Bertz CT molecular complexity index is 480. The molecule has 1 aromatic rings. The molecule has 0 spiro atoms. The SMILES string of the molecule is O=C1c2cccnc2C(=O)N1CC1CCCC1O. The van der Waals surface area contributed by atoms with E-state index >= 15 is 0 Å². The van der Waals surface area contributed by atoms with Gasteiger partial charge in [-0.05, 0) is 25.0 Å². The summed E-state index contributed by atoms with van der Waals surface area (Å²) in [4.78, 5) is 29.3. The van der Waals surface area contributed by atoms with Gasteiger partial charge in [-0.25, -0.2) is 0 Å². The topological polar surface area (TPSA) is 70.5 Å². The highest BCUT2D eigenvalue weighted by Crippen LogP contribution is 2.29. The number of aromatic nitrogens is 1. The monoisotopic (exact) mass is 246 g/mol. The summed E-state index contributed by atoms with van der Waals surface area (Å²) in [7, 11) is 0. The molecule has 18 heavy (non-hydrogen) atoms. The van der Waals surface area contributed by atoms with Gasteiger partial charge in [0.2, 0.25) is 0 Å². The number of rotatable bonds is 2. The van der Waals surface area contributed by atoms with Crippen molar-refractivity contribution in [3.63, 3.8) is 0 Å². The second kappa shape index (κ2) is 4.17. The third-order valence-electron chi connectivity index (χ3n) is 3.77. The Morgan fingerprint density at radius 1 is 1.33 bits per heavy atom. The lowest BCUT2D eigenvalue weighted by Gasteiger charge is -2.20. The van der Waals surface area contributed by atoms with Crippen LogP contribution in [-0.2, 0) is 0 Å². The first-order valence-corrected chi connectivity index (χ1v) is 6.18. The molecule has 0 saturated heterocycles. The van der Waals surface area contributed by atoms with Crippen LogP contribution in [0.15, 0.2) is 18.3 Å². The number of aliphatic hydroxyl groups is 1. The van der Waals surface area contributed by atoms with Crippen LogP contribution in [0.4, 0.5) is 0 Å². The van der Waals surface area contributed by atoms with Crippen molar-refractivity contribution < 1.29 is 14.7 Å². The van der Waals surface area contributed by atoms with Crippen LogP contribution in [-0.4, -0.2) is 39.5 Å². The number of pyridine rings is 1. The summed E-state index contributed by atoms with van der Waals surface area (Å²) in [5.74, 6) is -0.621. The van der Waals surface area contributed by atoms with Crippen molar-refractivity contribution in [2.24, 2.45) is 5.92 Å². The van der Waals surface area contributed by atoms with Gasteiger partial charge in [0.1, 0.15) is 5.69 Å². The average Bonchev–Trinajstić information content (AvgIpc) is 2.89. The van der Waals surface area contributed by atoms with E-state index in [4.69, 9.17) is 0 Å². The quantitative estimate of drug-likeness (QED) is 0.785. The normalized spacial score (nSPS) is 26.8. The van der Waals surface area contributed by atoms with E-state index < -0.39 is 6.10 Å². The fourth-order valence-electron chi connectivity index (χ4n) is 2.74. The molecule has 5 heteroatoms. The van der Waals surface area contributed by atoms with Crippen molar-refractivity contribution in [2.75, 3.05) is 6.54 Å². The highest BCUT2D eigenvalue weighted by atomic mass is 16.3. The van der Waals surface area contributed by atoms with Gasteiger partial charge in [0.25, 0.3) is 11.8 Å². The summed E-state index contributed by atoms with van der Waals surface area (Å²) in [6.07, 6.45) is 3.68. The van der Waals surface area contributed by atoms with Gasteiger partial charge in [0.15, 0.2) is 0 Å². The maximum atomic E-state index is 12.1. The molecular weight excluding hydrogens is 232 g/mol. The van der Waals surface area contributed by atoms with E-state index in [0.29, 0.717) is 12.1 Å². The van der Waals surface area contributed by atoms with Crippen molar-refractivity contribution in [1.29, 1.82) is 0 Å². The van der Waals surface area contributed by atoms with Crippen LogP contribution in [0.25, 0.3) is 0 Å². The van der Waals surface area contributed by atoms with E-state index in [2.05, 4.69) is 4.98 Å². The lowest BCUT2D eigenvalue weighted by molar-refractivity contribution is 0.0561. The lowest BCUT2D eigenvalue weighted by atomic mass is 10.1. The molecule has 1 fully saturated rings. The third kappa shape index (κ3) is 1.62. The summed E-state index contributed by atoms with van der Waals surface area (Å²) in [5, 5.41) is 9.77. The van der Waals surface area contributed by atoms with Crippen molar-refractivity contribution in [1.82, 2.24) is 9.88 Å². The second-order valence-electron chi connectivity index (χ2n) is 4.88. The van der Waals surface area contributed by atoms with Gasteiger partial charge in [0, 0.05) is 18.7 Å². The summed E-state index contributed by atoms with van der Waals surface area (Å²) < 4.78 is 0. The Kier molecular flexibility index (Phi) is 2.63. The third-order valence-corrected chi connectivity index (χ3v) is 3.77. The van der Waals surface area contributed by atoms with Crippen molar-refractivity contribution >= 4 is 11.8 Å². The number of nitrogens with zero attached hydrogens (tertiary/aromatic N) is 2. The number of imide groups is 1. The highest BCUT2D eigenvalue weighted by Gasteiger charge is 2.39. The van der Waals surface area contributed by atoms with Gasteiger partial charge in [-0.1, -0.05) is 6.42 Å². The highest BCUT2D eigenvalue weighted by molar-refractivity contribution is 6.20. The van der Waals surface area contributed by atoms with E-state index in [0.717, 1.165) is 19.3 Å². The smallest absolute Gasteiger partial charge is 0.280 e. The number of fused-ring (bicyclic) bond motifs is 1. The van der Waals surface area contributed by atoms with Crippen LogP contribution >= 0.6 is 0 Å². The zero-order chi connectivity index (χ0) is 12.7. The van der Waals surface area contributed by atoms with Gasteiger partial charge >= 0.3 is 0 Å². The molecule has 0 radical (unpaired) electrons. The van der Waals surface area contributed by atoms with E-state index in [1.165, 1.54) is 11.1 Å². The Morgan fingerprint density at radius 3 is 2.83 bits per heavy atom. The number of hydrogen-bond acceptors (Lipinski definition) is 4. The molecule has 2 atom stereocenters. The Hall–Kier alpha value is -1.75. The standard InChI is InChI=1S/C13H14N2O3/c16-10-5-1-3-8(10)7-15-12(17)9-4-2-6-14-11(9)13(15)18/h2,4,6,8,10,16H,1,3,5,7H2. The summed E-state index contributed by atoms with van der Waals surface area (Å²) in [6, 6.07) is 3.27. The summed E-state index contributed by atoms with van der Waals surface area (Å²) in [5.41, 5.74) is 0.602. The lowest BCUT2D eigenvalue weighted by Crippen LogP contribution is -2.37. The van der Waals surface area contributed by atoms with Crippen LogP contribution in [0, 0.1) is 5.92 Å². The molecule has 3 rings (SSSR count). The first-order chi connectivity index (χ1) is 8.68. The minimum Gasteiger partial charge on any atom is -0.393 e. The number of carbonyl (C=O) groups is 2. The van der Waals surface area contributed by atoms with Gasteiger partial charge < -0.3 is 5.11 Å². The number of amides is 2. The van der Waals surface area contributed by atoms with E-state index in [-0.39, 0.29) is 23.4 Å². The minimum atomic E-state index is -0.401. The summed E-state index contributed by atoms with van der Waals surface area (Å²) >= 11 is 0. The molecule has 1 saturated carbocycles. The van der Waals surface area contributed by atoms with E-state index in [9.17, 15) is 14.7 Å². The van der Waals surface area contributed by atoms with Crippen molar-refractivity contribution in [3.05, 3.63) is 29.6 Å². The number of aliphatic hydroxyl groups excluding tert-OH is 1. The zero-order valence-corrected chi connectivity index (χ0v) is 9.87. The maximum absolute atomic E-state index is 12.1. The average molecular weight is 246 g/mol. The molecule has 2 heterocycles. The predicted molar refractivity (Wildman–Crippen MR) is 63.0 cm³/mol. The van der Waals surface area contributed by atoms with Gasteiger partial charge in [-0.3, -0.25) is 19.5 Å². The molecule has 0 bridgehead atoms. The number of carbonyl (C=O) groups excluding carboxylic acids is 2. The fourth-order valence-corrected chi connectivity index (χ4v) is 2.74. The molecule has 2 amide bonds.